The number of nitrogens with two attached hydrogens (primary N) is 1. The third-order valence-corrected chi connectivity index (χ3v) is 4.27. The fourth-order valence-electron chi connectivity index (χ4n) is 2.89. The van der Waals surface area contributed by atoms with E-state index < -0.39 is 0 Å². The van der Waals surface area contributed by atoms with Gasteiger partial charge in [-0.15, -0.1) is 0 Å². The molecular weight excluding hydrogens is 359 g/mol. The molecule has 4 rings (SSSR count). The van der Waals surface area contributed by atoms with Crippen LogP contribution in [0.5, 0.6) is 5.75 Å². The number of nitrogens with zero attached hydrogens (tertiary/aromatic N) is 4. The van der Waals surface area contributed by atoms with Crippen LogP contribution in [0.1, 0.15) is 0 Å². The average Bonchev–Trinajstić information content (AvgIpc) is 3.00. The van der Waals surface area contributed by atoms with Gasteiger partial charge in [-0.25, -0.2) is 9.37 Å². The molecule has 0 bridgehead atoms. The predicted molar refractivity (Wildman–Crippen MR) is 107 cm³/mol. The highest BCUT2D eigenvalue weighted by Crippen LogP contribution is 2.32. The molecule has 3 N–H and O–H groups in total. The summed E-state index contributed by atoms with van der Waals surface area (Å²) in [4.78, 5) is 8.90. The van der Waals surface area contributed by atoms with Crippen LogP contribution in [0.3, 0.4) is 0 Å². The first-order chi connectivity index (χ1) is 13.6. The van der Waals surface area contributed by atoms with Crippen molar-refractivity contribution in [2.24, 2.45) is 7.05 Å². The van der Waals surface area contributed by atoms with E-state index in [1.165, 1.54) is 10.7 Å². The molecular formula is C20H19FN6O. The highest BCUT2D eigenvalue weighted by Gasteiger charge is 2.19. The van der Waals surface area contributed by atoms with Crippen LogP contribution in [0.2, 0.25) is 0 Å². The molecule has 4 aromatic rings. The van der Waals surface area contributed by atoms with Crippen LogP contribution in [0.15, 0.2) is 54.6 Å². The number of ether oxygens (including phenoxy) is 1. The average molecular weight is 378 g/mol. The summed E-state index contributed by atoms with van der Waals surface area (Å²) in [5, 5.41) is 7.94. The smallest absolute Gasteiger partial charge is 0.225 e. The lowest BCUT2D eigenvalue weighted by atomic mass is 10.1. The van der Waals surface area contributed by atoms with Crippen LogP contribution in [0, 0.1) is 5.82 Å². The van der Waals surface area contributed by atoms with Crippen molar-refractivity contribution in [3.05, 3.63) is 60.4 Å². The Kier molecular flexibility index (Phi) is 4.76. The first kappa shape index (κ1) is 17.7. The zero-order valence-corrected chi connectivity index (χ0v) is 15.3. The zero-order chi connectivity index (χ0) is 19.5. The Balaban J connectivity index is 1.62. The molecule has 2 aromatic heterocycles. The summed E-state index contributed by atoms with van der Waals surface area (Å²) >= 11 is 0. The summed E-state index contributed by atoms with van der Waals surface area (Å²) in [6, 6.07) is 15.9. The minimum atomic E-state index is -0.385. The van der Waals surface area contributed by atoms with E-state index in [9.17, 15) is 4.39 Å². The second-order valence-electron chi connectivity index (χ2n) is 6.17. The molecule has 0 amide bonds. The molecule has 2 aromatic carbocycles. The van der Waals surface area contributed by atoms with Crippen LogP contribution >= 0.6 is 0 Å². The Labute approximate surface area is 161 Å². The molecule has 0 saturated heterocycles. The third kappa shape index (κ3) is 3.44. The maximum atomic E-state index is 14.4. The van der Waals surface area contributed by atoms with Gasteiger partial charge in [0.1, 0.15) is 24.0 Å². The number of hydrogen-bond acceptors (Lipinski definition) is 6. The van der Waals surface area contributed by atoms with Crippen molar-refractivity contribution in [2.45, 2.75) is 0 Å². The van der Waals surface area contributed by atoms with E-state index in [2.05, 4.69) is 20.4 Å². The standard InChI is InChI=1S/C20H19FN6O/c1-27-18(22)16-17(14-9-5-6-10-15(14)21)24-20(25-19(16)26-27)23-11-12-28-13-7-3-2-4-8-13/h2-10H,11-12,22H2,1H3,(H,23,25,26). The number of nitrogen functional groups attached to an aromatic ring is 1. The van der Waals surface area contributed by atoms with Gasteiger partial charge in [0.05, 0.1) is 17.6 Å². The number of benzene rings is 2. The van der Waals surface area contributed by atoms with Gasteiger partial charge in [-0.1, -0.05) is 30.3 Å². The molecule has 142 valence electrons. The fourth-order valence-corrected chi connectivity index (χ4v) is 2.89. The summed E-state index contributed by atoms with van der Waals surface area (Å²) in [5.74, 6) is 1.11. The second-order valence-corrected chi connectivity index (χ2v) is 6.17. The first-order valence-corrected chi connectivity index (χ1v) is 8.80. The number of nitrogens with one attached hydrogen (secondary N) is 1. The predicted octanol–water partition coefficient (Wildman–Crippen LogP) is 3.24. The number of aromatic nitrogens is 4. The molecule has 0 aliphatic heterocycles. The molecule has 0 atom stereocenters. The van der Waals surface area contributed by atoms with Crippen molar-refractivity contribution < 1.29 is 9.13 Å². The number of para-hydroxylation sites is 1. The van der Waals surface area contributed by atoms with E-state index in [-0.39, 0.29) is 5.82 Å². The summed E-state index contributed by atoms with van der Waals surface area (Å²) in [7, 11) is 1.71. The van der Waals surface area contributed by atoms with Gasteiger partial charge in [-0.3, -0.25) is 4.68 Å². The Hall–Kier alpha value is -3.68. The van der Waals surface area contributed by atoms with E-state index >= 15 is 0 Å². The van der Waals surface area contributed by atoms with Crippen molar-refractivity contribution in [3.8, 4) is 17.0 Å². The Bertz CT molecular complexity index is 1110. The maximum absolute atomic E-state index is 14.4. The molecule has 0 radical (unpaired) electrons. The van der Waals surface area contributed by atoms with Crippen molar-refractivity contribution in [2.75, 3.05) is 24.2 Å². The van der Waals surface area contributed by atoms with Gasteiger partial charge in [0, 0.05) is 12.6 Å². The van der Waals surface area contributed by atoms with Gasteiger partial charge in [-0.2, -0.15) is 10.1 Å². The maximum Gasteiger partial charge on any atom is 0.225 e. The number of rotatable bonds is 6. The topological polar surface area (TPSA) is 90.9 Å². The number of hydrogen-bond donors (Lipinski definition) is 2. The monoisotopic (exact) mass is 378 g/mol. The highest BCUT2D eigenvalue weighted by molar-refractivity contribution is 5.98. The molecule has 0 aliphatic rings. The lowest BCUT2D eigenvalue weighted by Gasteiger charge is -2.10. The molecule has 28 heavy (non-hydrogen) atoms. The summed E-state index contributed by atoms with van der Waals surface area (Å²) < 4.78 is 21.6. The van der Waals surface area contributed by atoms with E-state index in [1.54, 1.807) is 25.2 Å². The van der Waals surface area contributed by atoms with Crippen molar-refractivity contribution >= 4 is 22.8 Å². The molecule has 0 fully saturated rings. The van der Waals surface area contributed by atoms with E-state index in [0.29, 0.717) is 47.2 Å². The van der Waals surface area contributed by atoms with Gasteiger partial charge in [0.25, 0.3) is 0 Å². The zero-order valence-electron chi connectivity index (χ0n) is 15.3. The molecule has 0 unspecified atom stereocenters. The molecule has 8 heteroatoms. The summed E-state index contributed by atoms with van der Waals surface area (Å²) in [6.45, 7) is 0.893. The fraction of sp³-hybridized carbons (Fsp3) is 0.150. The lowest BCUT2D eigenvalue weighted by Crippen LogP contribution is -2.13. The van der Waals surface area contributed by atoms with E-state index in [0.717, 1.165) is 5.75 Å². The minimum Gasteiger partial charge on any atom is -0.492 e. The molecule has 2 heterocycles. The number of fused-ring (bicyclic) bond motifs is 1. The van der Waals surface area contributed by atoms with Crippen LogP contribution in [0.4, 0.5) is 16.2 Å². The Morgan fingerprint density at radius 3 is 2.61 bits per heavy atom. The Morgan fingerprint density at radius 1 is 1.07 bits per heavy atom. The normalized spacial score (nSPS) is 10.9. The second kappa shape index (κ2) is 7.51. The molecule has 0 aliphatic carbocycles. The summed E-state index contributed by atoms with van der Waals surface area (Å²) in [5.41, 5.74) is 7.27. The van der Waals surface area contributed by atoms with Gasteiger partial charge in [0.2, 0.25) is 5.95 Å². The van der Waals surface area contributed by atoms with Crippen molar-refractivity contribution in [1.29, 1.82) is 0 Å². The molecule has 0 saturated carbocycles. The summed E-state index contributed by atoms with van der Waals surface area (Å²) in [6.07, 6.45) is 0. The van der Waals surface area contributed by atoms with Crippen molar-refractivity contribution in [3.63, 3.8) is 0 Å². The van der Waals surface area contributed by atoms with Gasteiger partial charge in [-0.05, 0) is 24.3 Å². The van der Waals surface area contributed by atoms with E-state index in [4.69, 9.17) is 10.5 Å². The number of halogens is 1. The third-order valence-electron chi connectivity index (χ3n) is 4.27. The SMILES string of the molecule is Cn1nc2nc(NCCOc3ccccc3)nc(-c3ccccc3F)c2c1N. The number of aryl methyl sites for hydroxylation is 1. The first-order valence-electron chi connectivity index (χ1n) is 8.80. The van der Waals surface area contributed by atoms with Gasteiger partial charge in [0.15, 0.2) is 5.65 Å². The Morgan fingerprint density at radius 2 is 1.82 bits per heavy atom. The number of anilines is 2. The minimum absolute atomic E-state index is 0.334. The highest BCUT2D eigenvalue weighted by atomic mass is 19.1. The van der Waals surface area contributed by atoms with Gasteiger partial charge < -0.3 is 15.8 Å². The quantitative estimate of drug-likeness (QED) is 0.501. The van der Waals surface area contributed by atoms with Crippen LogP contribution < -0.4 is 15.8 Å². The van der Waals surface area contributed by atoms with E-state index in [1.807, 2.05) is 30.3 Å². The van der Waals surface area contributed by atoms with Crippen LogP contribution in [-0.4, -0.2) is 32.9 Å². The molecule has 7 nitrogen and oxygen atoms in total. The lowest BCUT2D eigenvalue weighted by molar-refractivity contribution is 0.332. The van der Waals surface area contributed by atoms with Crippen LogP contribution in [0.25, 0.3) is 22.3 Å². The largest absolute Gasteiger partial charge is 0.492 e. The van der Waals surface area contributed by atoms with Gasteiger partial charge >= 0.3 is 0 Å². The molecule has 0 spiro atoms. The van der Waals surface area contributed by atoms with Crippen molar-refractivity contribution in [1.82, 2.24) is 19.7 Å². The van der Waals surface area contributed by atoms with Crippen LogP contribution in [-0.2, 0) is 7.05 Å².